The SMILES string of the molecule is C=C(CC)COc1c(C)cc(C)cc1S(=O)(=O)Cl. The Balaban J connectivity index is 3.21. The van der Waals surface area contributed by atoms with Crippen molar-refractivity contribution in [2.45, 2.75) is 32.1 Å². The minimum atomic E-state index is -3.82. The summed E-state index contributed by atoms with van der Waals surface area (Å²) in [5.74, 6) is 0.310. The quantitative estimate of drug-likeness (QED) is 0.614. The molecule has 0 spiro atoms. The molecule has 0 unspecified atom stereocenters. The molecule has 0 heterocycles. The average Bonchev–Trinajstić information content (AvgIpc) is 2.25. The Morgan fingerprint density at radius 2 is 2.00 bits per heavy atom. The Kier molecular flexibility index (Phi) is 4.82. The first-order valence-electron chi connectivity index (χ1n) is 5.61. The van der Waals surface area contributed by atoms with Gasteiger partial charge in [-0.05, 0) is 43.0 Å². The van der Waals surface area contributed by atoms with Gasteiger partial charge in [0, 0.05) is 10.7 Å². The minimum absolute atomic E-state index is 0.0190. The maximum Gasteiger partial charge on any atom is 0.265 e. The van der Waals surface area contributed by atoms with E-state index < -0.39 is 9.05 Å². The normalized spacial score (nSPS) is 11.3. The molecule has 0 aliphatic carbocycles. The van der Waals surface area contributed by atoms with Gasteiger partial charge in [-0.2, -0.15) is 0 Å². The van der Waals surface area contributed by atoms with Crippen molar-refractivity contribution in [2.24, 2.45) is 0 Å². The van der Waals surface area contributed by atoms with Gasteiger partial charge in [0.25, 0.3) is 9.05 Å². The van der Waals surface area contributed by atoms with Gasteiger partial charge in [-0.15, -0.1) is 0 Å². The number of hydrogen-bond acceptors (Lipinski definition) is 3. The highest BCUT2D eigenvalue weighted by Gasteiger charge is 2.19. The van der Waals surface area contributed by atoms with Crippen LogP contribution in [-0.4, -0.2) is 15.0 Å². The van der Waals surface area contributed by atoms with Crippen LogP contribution in [0.2, 0.25) is 0 Å². The van der Waals surface area contributed by atoms with Crippen LogP contribution in [0.5, 0.6) is 5.75 Å². The molecule has 0 saturated heterocycles. The van der Waals surface area contributed by atoms with Crippen LogP contribution in [0.25, 0.3) is 0 Å². The van der Waals surface area contributed by atoms with Crippen LogP contribution in [0.4, 0.5) is 0 Å². The lowest BCUT2D eigenvalue weighted by Crippen LogP contribution is -2.05. The highest BCUT2D eigenvalue weighted by Crippen LogP contribution is 2.32. The van der Waals surface area contributed by atoms with Crippen molar-refractivity contribution in [1.29, 1.82) is 0 Å². The third-order valence-electron chi connectivity index (χ3n) is 2.57. The highest BCUT2D eigenvalue weighted by molar-refractivity contribution is 8.13. The zero-order valence-corrected chi connectivity index (χ0v) is 12.4. The van der Waals surface area contributed by atoms with Crippen LogP contribution >= 0.6 is 10.7 Å². The van der Waals surface area contributed by atoms with E-state index in [2.05, 4.69) is 6.58 Å². The van der Waals surface area contributed by atoms with Gasteiger partial charge in [0.2, 0.25) is 0 Å². The van der Waals surface area contributed by atoms with E-state index in [-0.39, 0.29) is 4.90 Å². The number of aryl methyl sites for hydroxylation is 2. The van der Waals surface area contributed by atoms with E-state index >= 15 is 0 Å². The van der Waals surface area contributed by atoms with Gasteiger partial charge in [0.15, 0.2) is 0 Å². The Hall–Kier alpha value is -1.00. The summed E-state index contributed by atoms with van der Waals surface area (Å²) in [4.78, 5) is 0.0190. The predicted molar refractivity (Wildman–Crippen MR) is 73.9 cm³/mol. The Labute approximate surface area is 113 Å². The van der Waals surface area contributed by atoms with Crippen molar-refractivity contribution in [3.05, 3.63) is 35.4 Å². The molecule has 0 aromatic heterocycles. The second kappa shape index (κ2) is 5.76. The van der Waals surface area contributed by atoms with Crippen LogP contribution in [0.3, 0.4) is 0 Å². The molecule has 100 valence electrons. The molecule has 0 bridgehead atoms. The number of halogens is 1. The topological polar surface area (TPSA) is 43.4 Å². The molecule has 0 amide bonds. The number of benzene rings is 1. The second-order valence-corrected chi connectivity index (χ2v) is 6.77. The molecule has 0 aliphatic rings. The van der Waals surface area contributed by atoms with E-state index in [9.17, 15) is 8.42 Å². The standard InChI is InChI=1S/C13H17ClO3S/c1-5-9(2)8-17-13-11(4)6-10(3)7-12(13)18(14,15)16/h6-7H,2,5,8H2,1,3-4H3. The Bertz CT molecular complexity index is 562. The van der Waals surface area contributed by atoms with E-state index in [1.54, 1.807) is 6.92 Å². The molecule has 5 heteroatoms. The molecule has 18 heavy (non-hydrogen) atoms. The van der Waals surface area contributed by atoms with Crippen molar-refractivity contribution in [3.63, 3.8) is 0 Å². The zero-order valence-electron chi connectivity index (χ0n) is 10.8. The summed E-state index contributed by atoms with van der Waals surface area (Å²) in [6, 6.07) is 3.37. The lowest BCUT2D eigenvalue weighted by molar-refractivity contribution is 0.337. The van der Waals surface area contributed by atoms with Crippen LogP contribution in [0.15, 0.2) is 29.2 Å². The Morgan fingerprint density at radius 3 is 2.50 bits per heavy atom. The number of rotatable bonds is 5. The van der Waals surface area contributed by atoms with E-state index in [4.69, 9.17) is 15.4 Å². The molecule has 1 aromatic carbocycles. The van der Waals surface area contributed by atoms with Crippen molar-refractivity contribution < 1.29 is 13.2 Å². The summed E-state index contributed by atoms with van der Waals surface area (Å²) in [7, 11) is 1.61. The van der Waals surface area contributed by atoms with Crippen LogP contribution in [-0.2, 0) is 9.05 Å². The molecule has 1 aromatic rings. The Morgan fingerprint density at radius 1 is 1.39 bits per heavy atom. The van der Waals surface area contributed by atoms with Gasteiger partial charge in [-0.3, -0.25) is 0 Å². The summed E-state index contributed by atoms with van der Waals surface area (Å²) < 4.78 is 28.6. The van der Waals surface area contributed by atoms with Gasteiger partial charge in [0.1, 0.15) is 17.3 Å². The second-order valence-electron chi connectivity index (χ2n) is 4.24. The monoisotopic (exact) mass is 288 g/mol. The molecular weight excluding hydrogens is 272 g/mol. The first kappa shape index (κ1) is 15.1. The highest BCUT2D eigenvalue weighted by atomic mass is 35.7. The summed E-state index contributed by atoms with van der Waals surface area (Å²) >= 11 is 0. The van der Waals surface area contributed by atoms with E-state index in [0.29, 0.717) is 12.4 Å². The van der Waals surface area contributed by atoms with Gasteiger partial charge in [-0.25, -0.2) is 8.42 Å². The summed E-state index contributed by atoms with van der Waals surface area (Å²) in [6.07, 6.45) is 0.786. The summed E-state index contributed by atoms with van der Waals surface area (Å²) in [5, 5.41) is 0. The van der Waals surface area contributed by atoms with Gasteiger partial charge in [0.05, 0.1) is 0 Å². The van der Waals surface area contributed by atoms with E-state index in [0.717, 1.165) is 23.1 Å². The third kappa shape index (κ3) is 3.75. The lowest BCUT2D eigenvalue weighted by Gasteiger charge is -2.14. The van der Waals surface area contributed by atoms with Crippen molar-refractivity contribution in [2.75, 3.05) is 6.61 Å². The van der Waals surface area contributed by atoms with Crippen molar-refractivity contribution in [1.82, 2.24) is 0 Å². The van der Waals surface area contributed by atoms with E-state index in [1.165, 1.54) is 6.07 Å². The predicted octanol–water partition coefficient (Wildman–Crippen LogP) is 3.58. The van der Waals surface area contributed by atoms with Gasteiger partial charge in [-0.1, -0.05) is 19.6 Å². The lowest BCUT2D eigenvalue weighted by atomic mass is 10.1. The fraction of sp³-hybridized carbons (Fsp3) is 0.385. The van der Waals surface area contributed by atoms with Crippen molar-refractivity contribution in [3.8, 4) is 5.75 Å². The maximum absolute atomic E-state index is 11.5. The molecule has 0 N–H and O–H groups in total. The van der Waals surface area contributed by atoms with Crippen molar-refractivity contribution >= 4 is 19.7 Å². The zero-order chi connectivity index (χ0) is 13.9. The molecule has 0 saturated carbocycles. The average molecular weight is 289 g/mol. The molecule has 3 nitrogen and oxygen atoms in total. The summed E-state index contributed by atoms with van der Waals surface area (Å²) in [6.45, 7) is 9.68. The van der Waals surface area contributed by atoms with Crippen LogP contribution in [0, 0.1) is 13.8 Å². The van der Waals surface area contributed by atoms with Gasteiger partial charge >= 0.3 is 0 Å². The largest absolute Gasteiger partial charge is 0.488 e. The van der Waals surface area contributed by atoms with Crippen LogP contribution in [0.1, 0.15) is 24.5 Å². The maximum atomic E-state index is 11.5. The fourth-order valence-electron chi connectivity index (χ4n) is 1.56. The van der Waals surface area contributed by atoms with Crippen LogP contribution < -0.4 is 4.74 Å². The molecule has 0 atom stereocenters. The molecule has 1 rings (SSSR count). The third-order valence-corrected chi connectivity index (χ3v) is 3.90. The molecule has 0 fully saturated rings. The number of ether oxygens (including phenoxy) is 1. The smallest absolute Gasteiger partial charge is 0.265 e. The number of hydrogen-bond donors (Lipinski definition) is 0. The summed E-state index contributed by atoms with van der Waals surface area (Å²) in [5.41, 5.74) is 2.47. The fourth-order valence-corrected chi connectivity index (χ4v) is 2.67. The minimum Gasteiger partial charge on any atom is -0.488 e. The van der Waals surface area contributed by atoms with Gasteiger partial charge < -0.3 is 4.74 Å². The first-order valence-corrected chi connectivity index (χ1v) is 7.92. The molecular formula is C13H17ClO3S. The molecule has 0 aliphatic heterocycles. The molecule has 0 radical (unpaired) electrons. The first-order chi connectivity index (χ1) is 8.25. The van der Waals surface area contributed by atoms with E-state index in [1.807, 2.05) is 19.9 Å².